The molecule has 0 aromatic heterocycles. The van der Waals surface area contributed by atoms with E-state index in [1.165, 1.54) is 44.2 Å². The maximum absolute atomic E-state index is 12.3. The number of likely N-dealkylation sites (tertiary alicyclic amines) is 1. The molecule has 2 aliphatic heterocycles. The molecule has 132 valence electrons. The second-order valence-corrected chi connectivity index (χ2v) is 7.71. The van der Waals surface area contributed by atoms with Gasteiger partial charge in [0.15, 0.2) is 0 Å². The van der Waals surface area contributed by atoms with Crippen LogP contribution < -0.4 is 0 Å². The summed E-state index contributed by atoms with van der Waals surface area (Å²) in [5.74, 6) is 0.778. The van der Waals surface area contributed by atoms with E-state index in [1.807, 2.05) is 18.2 Å². The third-order valence-electron chi connectivity index (χ3n) is 6.07. The van der Waals surface area contributed by atoms with Crippen molar-refractivity contribution in [1.29, 1.82) is 0 Å². The minimum atomic E-state index is -0.242. The third-order valence-corrected chi connectivity index (χ3v) is 6.07. The standard InChI is InChI=1S/C20H27NO2.ClH/c22-19-18-9-5-4-8-17(18)14-20(23-19)10-12-21(13-11-20)15-16-6-2-1-3-7-16;/h4-5,8-9,16H,1-3,6-7,10-15H2;1H. The number of benzene rings is 1. The van der Waals surface area contributed by atoms with E-state index in [0.717, 1.165) is 43.8 Å². The van der Waals surface area contributed by atoms with Crippen LogP contribution in [0.5, 0.6) is 0 Å². The zero-order valence-corrected chi connectivity index (χ0v) is 15.2. The first-order valence-corrected chi connectivity index (χ1v) is 9.28. The van der Waals surface area contributed by atoms with Gasteiger partial charge in [0.05, 0.1) is 5.56 Å². The van der Waals surface area contributed by atoms with Crippen molar-refractivity contribution in [2.45, 2.75) is 57.0 Å². The molecule has 1 saturated carbocycles. The number of piperidine rings is 1. The fourth-order valence-electron chi connectivity index (χ4n) is 4.67. The molecule has 1 aliphatic carbocycles. The molecule has 3 nitrogen and oxygen atoms in total. The molecule has 0 N–H and O–H groups in total. The smallest absolute Gasteiger partial charge is 0.338 e. The highest BCUT2D eigenvalue weighted by atomic mass is 35.5. The zero-order chi connectivity index (χ0) is 15.7. The summed E-state index contributed by atoms with van der Waals surface area (Å²) >= 11 is 0. The molecule has 1 saturated heterocycles. The highest BCUT2D eigenvalue weighted by Crippen LogP contribution is 2.36. The van der Waals surface area contributed by atoms with E-state index in [9.17, 15) is 4.79 Å². The van der Waals surface area contributed by atoms with Crippen LogP contribution in [0.25, 0.3) is 0 Å². The minimum absolute atomic E-state index is 0. The Balaban J connectivity index is 0.00000169. The van der Waals surface area contributed by atoms with Gasteiger partial charge in [0.25, 0.3) is 0 Å². The van der Waals surface area contributed by atoms with Crippen molar-refractivity contribution >= 4 is 18.4 Å². The Morgan fingerprint density at radius 3 is 2.54 bits per heavy atom. The summed E-state index contributed by atoms with van der Waals surface area (Å²) < 4.78 is 5.91. The van der Waals surface area contributed by atoms with Crippen molar-refractivity contribution in [2.24, 2.45) is 5.92 Å². The van der Waals surface area contributed by atoms with Gasteiger partial charge in [-0.1, -0.05) is 37.5 Å². The number of carbonyl (C=O) groups is 1. The molecule has 4 heteroatoms. The van der Waals surface area contributed by atoms with Crippen molar-refractivity contribution in [1.82, 2.24) is 4.90 Å². The summed E-state index contributed by atoms with van der Waals surface area (Å²) in [5.41, 5.74) is 1.70. The molecule has 2 fully saturated rings. The Bertz CT molecular complexity index is 575. The highest BCUT2D eigenvalue weighted by molar-refractivity contribution is 5.92. The van der Waals surface area contributed by atoms with Gasteiger partial charge >= 0.3 is 5.97 Å². The average Bonchev–Trinajstić information content (AvgIpc) is 2.58. The Morgan fingerprint density at radius 2 is 1.79 bits per heavy atom. The van der Waals surface area contributed by atoms with E-state index >= 15 is 0 Å². The van der Waals surface area contributed by atoms with Gasteiger partial charge in [0.2, 0.25) is 0 Å². The molecule has 3 aliphatic rings. The summed E-state index contributed by atoms with van der Waals surface area (Å²) in [5, 5.41) is 0. The first-order valence-electron chi connectivity index (χ1n) is 9.28. The number of esters is 1. The average molecular weight is 350 g/mol. The molecule has 4 rings (SSSR count). The quantitative estimate of drug-likeness (QED) is 0.748. The number of fused-ring (bicyclic) bond motifs is 1. The lowest BCUT2D eigenvalue weighted by molar-refractivity contribution is -0.0585. The Kier molecular flexibility index (Phi) is 5.51. The van der Waals surface area contributed by atoms with Crippen molar-refractivity contribution in [3.8, 4) is 0 Å². The molecular formula is C20H28ClNO2. The van der Waals surface area contributed by atoms with Crippen LogP contribution in [-0.4, -0.2) is 36.1 Å². The van der Waals surface area contributed by atoms with Crippen LogP contribution in [0.15, 0.2) is 24.3 Å². The number of hydrogen-bond acceptors (Lipinski definition) is 3. The zero-order valence-electron chi connectivity index (χ0n) is 14.3. The van der Waals surface area contributed by atoms with Crippen molar-refractivity contribution in [3.63, 3.8) is 0 Å². The maximum Gasteiger partial charge on any atom is 0.338 e. The monoisotopic (exact) mass is 349 g/mol. The van der Waals surface area contributed by atoms with Crippen molar-refractivity contribution < 1.29 is 9.53 Å². The third kappa shape index (κ3) is 3.62. The molecule has 0 radical (unpaired) electrons. The van der Waals surface area contributed by atoms with Gasteiger partial charge in [-0.2, -0.15) is 0 Å². The SMILES string of the molecule is Cl.O=C1OC2(CCN(CC3CCCCC3)CC2)Cc2ccccc21. The number of rotatable bonds is 2. The van der Waals surface area contributed by atoms with E-state index in [1.54, 1.807) is 0 Å². The van der Waals surface area contributed by atoms with Gasteiger partial charge < -0.3 is 9.64 Å². The minimum Gasteiger partial charge on any atom is -0.455 e. The van der Waals surface area contributed by atoms with Gasteiger partial charge in [-0.05, 0) is 30.4 Å². The predicted molar refractivity (Wildman–Crippen MR) is 97.8 cm³/mol. The molecular weight excluding hydrogens is 322 g/mol. The number of nitrogens with zero attached hydrogens (tertiary/aromatic N) is 1. The topological polar surface area (TPSA) is 29.5 Å². The van der Waals surface area contributed by atoms with Crippen LogP contribution >= 0.6 is 12.4 Å². The molecule has 24 heavy (non-hydrogen) atoms. The predicted octanol–water partition coefficient (Wildman–Crippen LogP) is 4.24. The first kappa shape index (κ1) is 17.8. The van der Waals surface area contributed by atoms with Crippen molar-refractivity contribution in [3.05, 3.63) is 35.4 Å². The Labute approximate surface area is 151 Å². The normalized spacial score (nSPS) is 24.1. The number of ether oxygens (including phenoxy) is 1. The maximum atomic E-state index is 12.3. The molecule has 2 heterocycles. The lowest BCUT2D eigenvalue weighted by Gasteiger charge is -2.44. The lowest BCUT2D eigenvalue weighted by Crippen LogP contribution is -2.51. The van der Waals surface area contributed by atoms with Crippen molar-refractivity contribution in [2.75, 3.05) is 19.6 Å². The van der Waals surface area contributed by atoms with Gasteiger partial charge in [-0.3, -0.25) is 0 Å². The summed E-state index contributed by atoms with van der Waals surface area (Å²) in [7, 11) is 0. The van der Waals surface area contributed by atoms with Gasteiger partial charge in [0, 0.05) is 38.9 Å². The lowest BCUT2D eigenvalue weighted by atomic mass is 9.81. The molecule has 1 spiro atoms. The van der Waals surface area contributed by atoms with Crippen LogP contribution in [0.1, 0.15) is 60.9 Å². The summed E-state index contributed by atoms with van der Waals surface area (Å²) in [6, 6.07) is 7.93. The van der Waals surface area contributed by atoms with E-state index in [0.29, 0.717) is 0 Å². The van der Waals surface area contributed by atoms with E-state index in [4.69, 9.17) is 4.74 Å². The number of carbonyl (C=O) groups excluding carboxylic acids is 1. The summed E-state index contributed by atoms with van der Waals surface area (Å²) in [6.07, 6.45) is 9.93. The van der Waals surface area contributed by atoms with Gasteiger partial charge in [-0.25, -0.2) is 4.79 Å². The second-order valence-electron chi connectivity index (χ2n) is 7.71. The molecule has 1 aromatic rings. The molecule has 0 amide bonds. The van der Waals surface area contributed by atoms with Gasteiger partial charge in [0.1, 0.15) is 5.60 Å². The summed E-state index contributed by atoms with van der Waals surface area (Å²) in [6.45, 7) is 3.40. The highest BCUT2D eigenvalue weighted by Gasteiger charge is 2.42. The van der Waals surface area contributed by atoms with Crippen LogP contribution in [0.4, 0.5) is 0 Å². The fraction of sp³-hybridized carbons (Fsp3) is 0.650. The van der Waals surface area contributed by atoms with Crippen LogP contribution in [-0.2, 0) is 11.2 Å². The van der Waals surface area contributed by atoms with E-state index in [-0.39, 0.29) is 24.0 Å². The second kappa shape index (κ2) is 7.45. The van der Waals surface area contributed by atoms with Gasteiger partial charge in [-0.15, -0.1) is 12.4 Å². The molecule has 0 bridgehead atoms. The Hall–Kier alpha value is -1.06. The Morgan fingerprint density at radius 1 is 1.08 bits per heavy atom. The van der Waals surface area contributed by atoms with Crippen LogP contribution in [0.3, 0.4) is 0 Å². The molecule has 0 atom stereocenters. The van der Waals surface area contributed by atoms with Crippen LogP contribution in [0, 0.1) is 5.92 Å². The number of hydrogen-bond donors (Lipinski definition) is 0. The molecule has 0 unspecified atom stereocenters. The largest absolute Gasteiger partial charge is 0.455 e. The summed E-state index contributed by atoms with van der Waals surface area (Å²) in [4.78, 5) is 14.9. The molecule has 1 aromatic carbocycles. The van der Waals surface area contributed by atoms with E-state index < -0.39 is 0 Å². The fourth-order valence-corrected chi connectivity index (χ4v) is 4.67. The number of halogens is 1. The van der Waals surface area contributed by atoms with Crippen LogP contribution in [0.2, 0.25) is 0 Å². The first-order chi connectivity index (χ1) is 11.2. The van der Waals surface area contributed by atoms with E-state index in [2.05, 4.69) is 11.0 Å².